The van der Waals surface area contributed by atoms with Gasteiger partial charge in [-0.1, -0.05) is 17.3 Å². The largest absolute Gasteiger partial charge is 0.464 e. The van der Waals surface area contributed by atoms with E-state index in [1.165, 1.54) is 19.2 Å². The zero-order valence-corrected chi connectivity index (χ0v) is 9.70. The highest BCUT2D eigenvalue weighted by molar-refractivity contribution is 6.36. The maximum atomic E-state index is 11.1. The Hall–Kier alpha value is -2.44. The predicted molar refractivity (Wildman–Crippen MR) is 62.7 cm³/mol. The van der Waals surface area contributed by atoms with Gasteiger partial charge in [0.15, 0.2) is 5.71 Å². The highest BCUT2D eigenvalue weighted by atomic mass is 16.6. The summed E-state index contributed by atoms with van der Waals surface area (Å²) in [4.78, 5) is 21.1. The monoisotopic (exact) mass is 252 g/mol. The van der Waals surface area contributed by atoms with Crippen molar-refractivity contribution in [1.29, 1.82) is 0 Å². The molecule has 0 fully saturated rings. The zero-order chi connectivity index (χ0) is 13.5. The fourth-order valence-corrected chi connectivity index (χ4v) is 1.36. The van der Waals surface area contributed by atoms with Gasteiger partial charge in [0.1, 0.15) is 0 Å². The molecule has 0 unspecified atom stereocenters. The SMILES string of the molecule is COC(=O)/C(CCc1ccc([N+](=O)[O-])cc1)=N/O. The average Bonchev–Trinajstić information content (AvgIpc) is 2.39. The summed E-state index contributed by atoms with van der Waals surface area (Å²) in [6.07, 6.45) is 0.619. The van der Waals surface area contributed by atoms with Crippen LogP contribution in [-0.2, 0) is 16.0 Å². The molecule has 0 spiro atoms. The molecule has 0 radical (unpaired) electrons. The second-order valence-electron chi connectivity index (χ2n) is 3.46. The van der Waals surface area contributed by atoms with Crippen LogP contribution in [0, 0.1) is 10.1 Å². The predicted octanol–water partition coefficient (Wildman–Crippen LogP) is 1.53. The average molecular weight is 252 g/mol. The summed E-state index contributed by atoms with van der Waals surface area (Å²) in [5.41, 5.74) is 0.712. The van der Waals surface area contributed by atoms with Gasteiger partial charge in [-0.2, -0.15) is 0 Å². The van der Waals surface area contributed by atoms with Crippen molar-refractivity contribution in [2.24, 2.45) is 5.16 Å². The van der Waals surface area contributed by atoms with E-state index in [9.17, 15) is 14.9 Å². The summed E-state index contributed by atoms with van der Waals surface area (Å²) in [5, 5.41) is 21.9. The maximum Gasteiger partial charge on any atom is 0.355 e. The molecule has 1 aromatic rings. The Morgan fingerprint density at radius 1 is 1.44 bits per heavy atom. The number of non-ortho nitro benzene ring substituents is 1. The fourth-order valence-electron chi connectivity index (χ4n) is 1.36. The molecule has 0 aliphatic carbocycles. The number of oxime groups is 1. The van der Waals surface area contributed by atoms with Crippen LogP contribution < -0.4 is 0 Å². The highest BCUT2D eigenvalue weighted by Crippen LogP contribution is 2.13. The molecule has 7 heteroatoms. The quantitative estimate of drug-likeness (QED) is 0.281. The van der Waals surface area contributed by atoms with Crippen LogP contribution in [-0.4, -0.2) is 28.9 Å². The first-order chi connectivity index (χ1) is 8.58. The number of carbonyl (C=O) groups is 1. The Morgan fingerprint density at radius 2 is 2.06 bits per heavy atom. The van der Waals surface area contributed by atoms with Gasteiger partial charge in [0.05, 0.1) is 12.0 Å². The van der Waals surface area contributed by atoms with Crippen LogP contribution in [0.1, 0.15) is 12.0 Å². The standard InChI is InChI=1S/C11H12N2O5/c1-18-11(14)10(12-15)7-4-8-2-5-9(6-3-8)13(16)17/h2-3,5-6,15H,4,7H2,1H3/b12-10+. The molecule has 96 valence electrons. The first-order valence-corrected chi connectivity index (χ1v) is 5.11. The van der Waals surface area contributed by atoms with Crippen LogP contribution in [0.3, 0.4) is 0 Å². The number of nitro benzene ring substituents is 1. The Balaban J connectivity index is 2.63. The molecule has 0 atom stereocenters. The molecule has 1 N–H and O–H groups in total. The van der Waals surface area contributed by atoms with Gasteiger partial charge in [0.25, 0.3) is 5.69 Å². The highest BCUT2D eigenvalue weighted by Gasteiger charge is 2.12. The van der Waals surface area contributed by atoms with E-state index in [4.69, 9.17) is 5.21 Å². The summed E-state index contributed by atoms with van der Waals surface area (Å²) < 4.78 is 4.42. The van der Waals surface area contributed by atoms with Crippen molar-refractivity contribution in [1.82, 2.24) is 0 Å². The van der Waals surface area contributed by atoms with Crippen molar-refractivity contribution in [3.8, 4) is 0 Å². The van der Waals surface area contributed by atoms with Gasteiger partial charge >= 0.3 is 5.97 Å². The third kappa shape index (κ3) is 3.55. The molecule has 1 aromatic carbocycles. The number of carbonyl (C=O) groups excluding carboxylic acids is 1. The summed E-state index contributed by atoms with van der Waals surface area (Å²) in [6, 6.07) is 5.93. The molecule has 0 aliphatic rings. The minimum Gasteiger partial charge on any atom is -0.464 e. The van der Waals surface area contributed by atoms with Crippen LogP contribution in [0.4, 0.5) is 5.69 Å². The van der Waals surface area contributed by atoms with E-state index in [1.54, 1.807) is 12.1 Å². The van der Waals surface area contributed by atoms with E-state index in [2.05, 4.69) is 9.89 Å². The minimum atomic E-state index is -0.695. The maximum absolute atomic E-state index is 11.1. The topological polar surface area (TPSA) is 102 Å². The number of nitro groups is 1. The second-order valence-corrected chi connectivity index (χ2v) is 3.46. The van der Waals surface area contributed by atoms with Crippen LogP contribution >= 0.6 is 0 Å². The normalized spacial score (nSPS) is 11.1. The molecule has 0 amide bonds. The summed E-state index contributed by atoms with van der Waals surface area (Å²) in [5.74, 6) is -0.695. The number of methoxy groups -OCH3 is 1. The molecule has 0 aromatic heterocycles. The molecule has 18 heavy (non-hydrogen) atoms. The molecular weight excluding hydrogens is 240 g/mol. The smallest absolute Gasteiger partial charge is 0.355 e. The summed E-state index contributed by atoms with van der Waals surface area (Å²) >= 11 is 0. The third-order valence-corrected chi connectivity index (χ3v) is 2.34. The van der Waals surface area contributed by atoms with Gasteiger partial charge in [-0.15, -0.1) is 0 Å². The van der Waals surface area contributed by atoms with Crippen molar-refractivity contribution in [3.63, 3.8) is 0 Å². The minimum absolute atomic E-state index is 0.00256. The van der Waals surface area contributed by atoms with Gasteiger partial charge in [0, 0.05) is 18.6 Å². The molecule has 1 rings (SSSR count). The lowest BCUT2D eigenvalue weighted by Crippen LogP contribution is -2.16. The van der Waals surface area contributed by atoms with Crippen LogP contribution in [0.2, 0.25) is 0 Å². The van der Waals surface area contributed by atoms with Crippen molar-refractivity contribution in [3.05, 3.63) is 39.9 Å². The van der Waals surface area contributed by atoms with Crippen LogP contribution in [0.25, 0.3) is 0 Å². The number of hydrogen-bond donors (Lipinski definition) is 1. The molecule has 0 saturated heterocycles. The first kappa shape index (κ1) is 13.6. The zero-order valence-electron chi connectivity index (χ0n) is 9.70. The van der Waals surface area contributed by atoms with E-state index >= 15 is 0 Å². The third-order valence-electron chi connectivity index (χ3n) is 2.34. The Morgan fingerprint density at radius 3 is 2.50 bits per heavy atom. The van der Waals surface area contributed by atoms with E-state index in [0.29, 0.717) is 6.42 Å². The van der Waals surface area contributed by atoms with Gasteiger partial charge in [-0.25, -0.2) is 4.79 Å². The number of ether oxygens (including phenoxy) is 1. The van der Waals surface area contributed by atoms with E-state index in [1.807, 2.05) is 0 Å². The number of hydrogen-bond acceptors (Lipinski definition) is 6. The van der Waals surface area contributed by atoms with Gasteiger partial charge in [0.2, 0.25) is 0 Å². The van der Waals surface area contributed by atoms with Gasteiger partial charge < -0.3 is 9.94 Å². The van der Waals surface area contributed by atoms with E-state index in [-0.39, 0.29) is 17.8 Å². The van der Waals surface area contributed by atoms with Crippen LogP contribution in [0.15, 0.2) is 29.4 Å². The number of rotatable bonds is 5. The lowest BCUT2D eigenvalue weighted by molar-refractivity contribution is -0.384. The van der Waals surface area contributed by atoms with Crippen molar-refractivity contribution in [2.45, 2.75) is 12.8 Å². The fraction of sp³-hybridized carbons (Fsp3) is 0.273. The Kier molecular flexibility index (Phi) is 4.79. The molecule has 0 heterocycles. The number of aryl methyl sites for hydroxylation is 1. The van der Waals surface area contributed by atoms with Crippen molar-refractivity contribution in [2.75, 3.05) is 7.11 Å². The molecule has 0 aliphatic heterocycles. The van der Waals surface area contributed by atoms with Gasteiger partial charge in [-0.3, -0.25) is 10.1 Å². The van der Waals surface area contributed by atoms with Crippen LogP contribution in [0.5, 0.6) is 0 Å². The molecule has 0 saturated carbocycles. The lowest BCUT2D eigenvalue weighted by atomic mass is 10.1. The second kappa shape index (κ2) is 6.33. The summed E-state index contributed by atoms with van der Waals surface area (Å²) in [7, 11) is 1.19. The molecule has 0 bridgehead atoms. The number of benzene rings is 1. The summed E-state index contributed by atoms with van der Waals surface area (Å²) in [6.45, 7) is 0. The Bertz CT molecular complexity index is 467. The molecule has 7 nitrogen and oxygen atoms in total. The lowest BCUT2D eigenvalue weighted by Gasteiger charge is -2.02. The Labute approximate surface area is 103 Å². The molecular formula is C11H12N2O5. The number of nitrogens with zero attached hydrogens (tertiary/aromatic N) is 2. The van der Waals surface area contributed by atoms with Gasteiger partial charge in [-0.05, 0) is 12.0 Å². The number of esters is 1. The van der Waals surface area contributed by atoms with Crippen molar-refractivity contribution >= 4 is 17.4 Å². The van der Waals surface area contributed by atoms with Crippen molar-refractivity contribution < 1.29 is 19.7 Å². The first-order valence-electron chi connectivity index (χ1n) is 5.11. The van der Waals surface area contributed by atoms with E-state index < -0.39 is 10.9 Å². The van der Waals surface area contributed by atoms with E-state index in [0.717, 1.165) is 5.56 Å².